The van der Waals surface area contributed by atoms with E-state index in [1.807, 2.05) is 0 Å². The van der Waals surface area contributed by atoms with Crippen LogP contribution in [0.1, 0.15) is 37.4 Å². The molecule has 0 saturated carbocycles. The average molecular weight is 262 g/mol. The molecule has 2 N–H and O–H groups in total. The lowest BCUT2D eigenvalue weighted by Gasteiger charge is -2.37. The molecule has 1 aromatic rings. The Kier molecular flexibility index (Phi) is 4.97. The van der Waals surface area contributed by atoms with E-state index >= 15 is 0 Å². The third-order valence-corrected chi connectivity index (χ3v) is 4.00. The number of ether oxygens (including phenoxy) is 1. The van der Waals surface area contributed by atoms with Crippen molar-refractivity contribution in [3.8, 4) is 0 Å². The highest BCUT2D eigenvalue weighted by Crippen LogP contribution is 2.30. The summed E-state index contributed by atoms with van der Waals surface area (Å²) in [7, 11) is 2.15. The zero-order valence-corrected chi connectivity index (χ0v) is 12.3. The summed E-state index contributed by atoms with van der Waals surface area (Å²) >= 11 is 0. The first-order valence-corrected chi connectivity index (χ1v) is 7.25. The van der Waals surface area contributed by atoms with Gasteiger partial charge in [0.05, 0.1) is 12.7 Å². The Morgan fingerprint density at radius 3 is 2.84 bits per heavy atom. The largest absolute Gasteiger partial charge is 0.377 e. The lowest BCUT2D eigenvalue weighted by molar-refractivity contribution is 0.0510. The van der Waals surface area contributed by atoms with Crippen molar-refractivity contribution in [1.29, 1.82) is 0 Å². The number of rotatable bonds is 5. The molecule has 2 atom stereocenters. The second-order valence-electron chi connectivity index (χ2n) is 5.73. The molecule has 2 rings (SSSR count). The summed E-state index contributed by atoms with van der Waals surface area (Å²) in [4.78, 5) is 2.35. The number of benzene rings is 1. The fraction of sp³-hybridized carbons (Fsp3) is 0.625. The lowest BCUT2D eigenvalue weighted by atomic mass is 9.84. The van der Waals surface area contributed by atoms with E-state index in [1.165, 1.54) is 11.1 Å². The van der Waals surface area contributed by atoms with Crippen molar-refractivity contribution in [2.45, 2.75) is 44.9 Å². The Labute approximate surface area is 116 Å². The van der Waals surface area contributed by atoms with Crippen LogP contribution in [0.2, 0.25) is 0 Å². The molecule has 0 aromatic heterocycles. The van der Waals surface area contributed by atoms with Crippen LogP contribution in [0.5, 0.6) is 0 Å². The summed E-state index contributed by atoms with van der Waals surface area (Å²) in [6, 6.07) is 9.10. The van der Waals surface area contributed by atoms with Crippen molar-refractivity contribution in [1.82, 2.24) is 4.90 Å². The number of nitrogens with two attached hydrogens (primary N) is 1. The molecule has 0 radical (unpaired) electrons. The lowest BCUT2D eigenvalue weighted by Crippen LogP contribution is -2.44. The van der Waals surface area contributed by atoms with Gasteiger partial charge < -0.3 is 10.5 Å². The molecule has 0 bridgehead atoms. The maximum atomic E-state index is 6.44. The van der Waals surface area contributed by atoms with Gasteiger partial charge in [-0.25, -0.2) is 0 Å². The minimum Gasteiger partial charge on any atom is -0.377 e. The number of hydrogen-bond acceptors (Lipinski definition) is 3. The molecule has 0 saturated heterocycles. The molecule has 0 fully saturated rings. The Balaban J connectivity index is 1.95. The molecule has 106 valence electrons. The first kappa shape index (κ1) is 14.5. The van der Waals surface area contributed by atoms with E-state index in [0.29, 0.717) is 12.1 Å². The zero-order chi connectivity index (χ0) is 13.8. The van der Waals surface area contributed by atoms with Crippen molar-refractivity contribution in [3.05, 3.63) is 35.4 Å². The molecule has 3 nitrogen and oxygen atoms in total. The summed E-state index contributed by atoms with van der Waals surface area (Å²) in [5, 5.41) is 0. The van der Waals surface area contributed by atoms with E-state index in [0.717, 1.165) is 26.0 Å². The molecule has 0 aliphatic heterocycles. The molecule has 1 aliphatic carbocycles. The van der Waals surface area contributed by atoms with Gasteiger partial charge >= 0.3 is 0 Å². The van der Waals surface area contributed by atoms with E-state index in [9.17, 15) is 0 Å². The van der Waals surface area contributed by atoms with Crippen LogP contribution >= 0.6 is 0 Å². The van der Waals surface area contributed by atoms with Gasteiger partial charge in [-0.05, 0) is 44.9 Å². The predicted octanol–water partition coefficient (Wildman–Crippen LogP) is 2.36. The first-order valence-electron chi connectivity index (χ1n) is 7.25. The standard InChI is InChI=1S/C16H26N2O/c1-12(2)19-11-10-18(3)15-9-8-13-6-4-5-7-14(13)16(15)17/h4-7,12,15-16H,8-11,17H2,1-3H3. The minimum atomic E-state index is 0.119. The average Bonchev–Trinajstić information content (AvgIpc) is 2.39. The van der Waals surface area contributed by atoms with E-state index in [1.54, 1.807) is 0 Å². The van der Waals surface area contributed by atoms with Crippen LogP contribution in [0.15, 0.2) is 24.3 Å². The van der Waals surface area contributed by atoms with Gasteiger partial charge in [-0.15, -0.1) is 0 Å². The first-order chi connectivity index (χ1) is 9.09. The Morgan fingerprint density at radius 2 is 2.11 bits per heavy atom. The van der Waals surface area contributed by atoms with Crippen LogP contribution in [0.4, 0.5) is 0 Å². The van der Waals surface area contributed by atoms with Crippen molar-refractivity contribution in [2.24, 2.45) is 5.73 Å². The van der Waals surface area contributed by atoms with Gasteiger partial charge in [-0.1, -0.05) is 24.3 Å². The molecule has 0 amide bonds. The van der Waals surface area contributed by atoms with Crippen LogP contribution in [0.25, 0.3) is 0 Å². The van der Waals surface area contributed by atoms with Crippen molar-refractivity contribution in [3.63, 3.8) is 0 Å². The Morgan fingerprint density at radius 1 is 1.37 bits per heavy atom. The van der Waals surface area contributed by atoms with Gasteiger partial charge in [0.1, 0.15) is 0 Å². The van der Waals surface area contributed by atoms with E-state index in [2.05, 4.69) is 50.1 Å². The highest BCUT2D eigenvalue weighted by molar-refractivity contribution is 5.33. The third kappa shape index (κ3) is 3.56. The van der Waals surface area contributed by atoms with Crippen LogP contribution in [-0.4, -0.2) is 37.2 Å². The summed E-state index contributed by atoms with van der Waals surface area (Å²) in [5.74, 6) is 0. The Hall–Kier alpha value is -0.900. The van der Waals surface area contributed by atoms with E-state index in [-0.39, 0.29) is 6.04 Å². The SMILES string of the molecule is CC(C)OCCN(C)C1CCc2ccccc2C1N. The Bertz CT molecular complexity index is 405. The van der Waals surface area contributed by atoms with Gasteiger partial charge in [-0.3, -0.25) is 4.90 Å². The van der Waals surface area contributed by atoms with Crippen molar-refractivity contribution in [2.75, 3.05) is 20.2 Å². The smallest absolute Gasteiger partial charge is 0.0596 e. The molecule has 19 heavy (non-hydrogen) atoms. The minimum absolute atomic E-state index is 0.119. The van der Waals surface area contributed by atoms with Crippen molar-refractivity contribution >= 4 is 0 Å². The summed E-state index contributed by atoms with van der Waals surface area (Å²) in [5.41, 5.74) is 9.17. The van der Waals surface area contributed by atoms with Gasteiger partial charge in [0.15, 0.2) is 0 Å². The second-order valence-corrected chi connectivity index (χ2v) is 5.73. The van der Waals surface area contributed by atoms with Gasteiger partial charge in [-0.2, -0.15) is 0 Å². The zero-order valence-electron chi connectivity index (χ0n) is 12.3. The number of fused-ring (bicyclic) bond motifs is 1. The summed E-state index contributed by atoms with van der Waals surface area (Å²) in [6.07, 6.45) is 2.56. The molecular formula is C16H26N2O. The van der Waals surface area contributed by atoms with Crippen LogP contribution in [0, 0.1) is 0 Å². The fourth-order valence-corrected chi connectivity index (χ4v) is 2.87. The molecule has 1 aliphatic rings. The number of hydrogen-bond donors (Lipinski definition) is 1. The maximum absolute atomic E-state index is 6.44. The van der Waals surface area contributed by atoms with Crippen molar-refractivity contribution < 1.29 is 4.74 Å². The number of nitrogens with zero attached hydrogens (tertiary/aromatic N) is 1. The molecule has 0 spiro atoms. The van der Waals surface area contributed by atoms with Crippen LogP contribution < -0.4 is 5.73 Å². The predicted molar refractivity (Wildman–Crippen MR) is 79.2 cm³/mol. The molecule has 1 aromatic carbocycles. The monoisotopic (exact) mass is 262 g/mol. The summed E-state index contributed by atoms with van der Waals surface area (Å²) < 4.78 is 5.63. The highest BCUT2D eigenvalue weighted by Gasteiger charge is 2.28. The van der Waals surface area contributed by atoms with Crippen LogP contribution in [-0.2, 0) is 11.2 Å². The fourth-order valence-electron chi connectivity index (χ4n) is 2.87. The van der Waals surface area contributed by atoms with E-state index in [4.69, 9.17) is 10.5 Å². The van der Waals surface area contributed by atoms with Gasteiger partial charge in [0.25, 0.3) is 0 Å². The highest BCUT2D eigenvalue weighted by atomic mass is 16.5. The number of aryl methyl sites for hydroxylation is 1. The maximum Gasteiger partial charge on any atom is 0.0596 e. The normalized spacial score (nSPS) is 22.8. The second kappa shape index (κ2) is 6.51. The van der Waals surface area contributed by atoms with Crippen LogP contribution in [0.3, 0.4) is 0 Å². The quantitative estimate of drug-likeness (QED) is 0.885. The van der Waals surface area contributed by atoms with E-state index < -0.39 is 0 Å². The molecule has 3 heteroatoms. The molecule has 2 unspecified atom stereocenters. The number of likely N-dealkylation sites (N-methyl/N-ethyl adjacent to an activating group) is 1. The summed E-state index contributed by atoms with van der Waals surface area (Å²) in [6.45, 7) is 5.86. The van der Waals surface area contributed by atoms with Gasteiger partial charge in [0.2, 0.25) is 0 Å². The molecular weight excluding hydrogens is 236 g/mol. The third-order valence-electron chi connectivity index (χ3n) is 4.00. The topological polar surface area (TPSA) is 38.5 Å². The molecule has 0 heterocycles. The van der Waals surface area contributed by atoms with Gasteiger partial charge in [0, 0.05) is 18.6 Å².